The van der Waals surface area contributed by atoms with E-state index in [2.05, 4.69) is 24.3 Å². The molecule has 2 aliphatic carbocycles. The molecule has 21 heavy (non-hydrogen) atoms. The molecule has 0 amide bonds. The highest BCUT2D eigenvalue weighted by molar-refractivity contribution is 5.58. The number of benzene rings is 1. The molecule has 0 saturated carbocycles. The maximum absolute atomic E-state index is 12.7. The van der Waals surface area contributed by atoms with Crippen molar-refractivity contribution in [2.45, 2.75) is 25.4 Å². The van der Waals surface area contributed by atoms with Crippen LogP contribution in [0.5, 0.6) is 0 Å². The van der Waals surface area contributed by atoms with Crippen LogP contribution in [0.4, 0.5) is 13.2 Å². The van der Waals surface area contributed by atoms with Crippen LogP contribution in [0.1, 0.15) is 30.4 Å². The SMILES string of the molecule is CC1=CC2=CC=CCC(c3ccc(C(F)(F)F)cc3)C2=C1. The Hall–Kier alpha value is -2.03. The van der Waals surface area contributed by atoms with Gasteiger partial charge in [-0.3, -0.25) is 0 Å². The number of rotatable bonds is 1. The third-order valence-corrected chi connectivity index (χ3v) is 3.90. The Labute approximate surface area is 122 Å². The number of halogens is 3. The molecular formula is C18H15F3. The molecule has 1 aromatic carbocycles. The van der Waals surface area contributed by atoms with Crippen molar-refractivity contribution in [3.8, 4) is 0 Å². The van der Waals surface area contributed by atoms with Crippen molar-refractivity contribution in [3.05, 3.63) is 82.5 Å². The van der Waals surface area contributed by atoms with Gasteiger partial charge >= 0.3 is 6.18 Å². The first kappa shape index (κ1) is 13.9. The third-order valence-electron chi connectivity index (χ3n) is 3.90. The smallest absolute Gasteiger partial charge is 0.166 e. The lowest BCUT2D eigenvalue weighted by molar-refractivity contribution is -0.137. The van der Waals surface area contributed by atoms with E-state index in [1.54, 1.807) is 12.1 Å². The Morgan fingerprint density at radius 2 is 1.76 bits per heavy atom. The summed E-state index contributed by atoms with van der Waals surface area (Å²) in [4.78, 5) is 0. The first-order valence-electron chi connectivity index (χ1n) is 6.89. The first-order valence-corrected chi connectivity index (χ1v) is 6.89. The minimum Gasteiger partial charge on any atom is -0.166 e. The zero-order chi connectivity index (χ0) is 15.0. The Balaban J connectivity index is 1.95. The van der Waals surface area contributed by atoms with E-state index in [4.69, 9.17) is 0 Å². The Morgan fingerprint density at radius 3 is 2.43 bits per heavy atom. The molecule has 1 unspecified atom stereocenters. The van der Waals surface area contributed by atoms with Crippen LogP contribution in [0.3, 0.4) is 0 Å². The minimum absolute atomic E-state index is 0.117. The van der Waals surface area contributed by atoms with E-state index in [9.17, 15) is 13.2 Å². The van der Waals surface area contributed by atoms with Gasteiger partial charge in [0.05, 0.1) is 5.56 Å². The molecule has 0 radical (unpaired) electrons. The summed E-state index contributed by atoms with van der Waals surface area (Å²) in [6, 6.07) is 5.53. The fourth-order valence-corrected chi connectivity index (χ4v) is 2.88. The summed E-state index contributed by atoms with van der Waals surface area (Å²) in [7, 11) is 0. The van der Waals surface area contributed by atoms with Crippen molar-refractivity contribution in [2.75, 3.05) is 0 Å². The standard InChI is InChI=1S/C18H15F3/c1-12-10-14-4-2-3-5-16(17(14)11-12)13-6-8-15(9-7-13)18(19,20)21/h2-4,6-11,16H,5H2,1H3. The van der Waals surface area contributed by atoms with E-state index in [0.717, 1.165) is 17.6 Å². The Kier molecular flexibility index (Phi) is 3.36. The normalized spacial score (nSPS) is 21.3. The molecule has 3 heteroatoms. The van der Waals surface area contributed by atoms with Gasteiger partial charge in [0, 0.05) is 5.92 Å². The van der Waals surface area contributed by atoms with E-state index < -0.39 is 11.7 Å². The summed E-state index contributed by atoms with van der Waals surface area (Å²) in [5.74, 6) is 0.117. The van der Waals surface area contributed by atoms with Crippen LogP contribution >= 0.6 is 0 Å². The molecule has 0 aromatic heterocycles. The zero-order valence-electron chi connectivity index (χ0n) is 11.6. The van der Waals surface area contributed by atoms with E-state index in [0.29, 0.717) is 0 Å². The molecule has 1 atom stereocenters. The molecule has 108 valence electrons. The van der Waals surface area contributed by atoms with Crippen molar-refractivity contribution in [2.24, 2.45) is 0 Å². The van der Waals surface area contributed by atoms with Gasteiger partial charge in [0.1, 0.15) is 0 Å². The highest BCUT2D eigenvalue weighted by atomic mass is 19.4. The molecule has 3 rings (SSSR count). The van der Waals surface area contributed by atoms with Crippen LogP contribution in [0.25, 0.3) is 0 Å². The molecule has 1 aromatic rings. The number of allylic oxidation sites excluding steroid dienone is 8. The van der Waals surface area contributed by atoms with Gasteiger partial charge in [0.2, 0.25) is 0 Å². The molecule has 0 nitrogen and oxygen atoms in total. The molecule has 0 aliphatic heterocycles. The maximum atomic E-state index is 12.7. The summed E-state index contributed by atoms with van der Waals surface area (Å²) in [5, 5.41) is 0. The maximum Gasteiger partial charge on any atom is 0.416 e. The van der Waals surface area contributed by atoms with E-state index in [-0.39, 0.29) is 5.92 Å². The molecule has 0 heterocycles. The highest BCUT2D eigenvalue weighted by Crippen LogP contribution is 2.40. The summed E-state index contributed by atoms with van der Waals surface area (Å²) < 4.78 is 38.0. The minimum atomic E-state index is -4.28. The Morgan fingerprint density at radius 1 is 1.05 bits per heavy atom. The second-order valence-electron chi connectivity index (χ2n) is 5.45. The Bertz CT molecular complexity index is 667. The van der Waals surface area contributed by atoms with Crippen LogP contribution in [0, 0.1) is 0 Å². The van der Waals surface area contributed by atoms with Gasteiger partial charge < -0.3 is 0 Å². The fraction of sp³-hybridized carbons (Fsp3) is 0.222. The van der Waals surface area contributed by atoms with Gasteiger partial charge in [0.15, 0.2) is 0 Å². The molecule has 0 spiro atoms. The van der Waals surface area contributed by atoms with Gasteiger partial charge in [-0.2, -0.15) is 13.2 Å². The largest absolute Gasteiger partial charge is 0.416 e. The van der Waals surface area contributed by atoms with Gasteiger partial charge in [0.25, 0.3) is 0 Å². The summed E-state index contributed by atoms with van der Waals surface area (Å²) >= 11 is 0. The van der Waals surface area contributed by atoms with E-state index in [1.165, 1.54) is 23.3 Å². The lowest BCUT2D eigenvalue weighted by atomic mass is 9.86. The molecule has 0 fully saturated rings. The average molecular weight is 288 g/mol. The van der Waals surface area contributed by atoms with Gasteiger partial charge in [-0.1, -0.05) is 48.1 Å². The van der Waals surface area contributed by atoms with Gasteiger partial charge in [-0.05, 0) is 42.2 Å². The van der Waals surface area contributed by atoms with Crippen LogP contribution in [-0.4, -0.2) is 0 Å². The predicted molar refractivity (Wildman–Crippen MR) is 77.9 cm³/mol. The average Bonchev–Trinajstić information content (AvgIpc) is 2.68. The van der Waals surface area contributed by atoms with Gasteiger partial charge in [-0.15, -0.1) is 0 Å². The number of hydrogen-bond donors (Lipinski definition) is 0. The van der Waals surface area contributed by atoms with Crippen LogP contribution in [0.2, 0.25) is 0 Å². The lowest BCUT2D eigenvalue weighted by Gasteiger charge is -2.18. The highest BCUT2D eigenvalue weighted by Gasteiger charge is 2.30. The van der Waals surface area contributed by atoms with Gasteiger partial charge in [-0.25, -0.2) is 0 Å². The van der Waals surface area contributed by atoms with Crippen LogP contribution < -0.4 is 0 Å². The molecule has 0 N–H and O–H groups in total. The summed E-state index contributed by atoms with van der Waals surface area (Å²) in [5.41, 5.74) is 3.86. The topological polar surface area (TPSA) is 0 Å². The number of hydrogen-bond acceptors (Lipinski definition) is 0. The zero-order valence-corrected chi connectivity index (χ0v) is 11.6. The lowest BCUT2D eigenvalue weighted by Crippen LogP contribution is -2.06. The number of fused-ring (bicyclic) bond motifs is 1. The predicted octanol–water partition coefficient (Wildman–Crippen LogP) is 5.56. The summed E-state index contributed by atoms with van der Waals surface area (Å²) in [6.45, 7) is 2.04. The molecule has 0 bridgehead atoms. The fourth-order valence-electron chi connectivity index (χ4n) is 2.88. The van der Waals surface area contributed by atoms with Crippen molar-refractivity contribution in [1.29, 1.82) is 0 Å². The molecular weight excluding hydrogens is 273 g/mol. The van der Waals surface area contributed by atoms with Crippen LogP contribution in [0.15, 0.2) is 71.4 Å². The van der Waals surface area contributed by atoms with E-state index in [1.807, 2.05) is 13.0 Å². The van der Waals surface area contributed by atoms with Crippen molar-refractivity contribution in [1.82, 2.24) is 0 Å². The van der Waals surface area contributed by atoms with Crippen molar-refractivity contribution >= 4 is 0 Å². The second kappa shape index (κ2) is 5.06. The van der Waals surface area contributed by atoms with E-state index >= 15 is 0 Å². The number of alkyl halides is 3. The van der Waals surface area contributed by atoms with Crippen molar-refractivity contribution in [3.63, 3.8) is 0 Å². The monoisotopic (exact) mass is 288 g/mol. The third kappa shape index (κ3) is 2.73. The summed E-state index contributed by atoms with van der Waals surface area (Å²) in [6.07, 6.45) is 6.91. The molecule has 0 saturated heterocycles. The first-order chi connectivity index (χ1) is 9.95. The van der Waals surface area contributed by atoms with Crippen molar-refractivity contribution < 1.29 is 13.2 Å². The molecule has 2 aliphatic rings. The van der Waals surface area contributed by atoms with Crippen LogP contribution in [-0.2, 0) is 6.18 Å². The quantitative estimate of drug-likeness (QED) is 0.634. The second-order valence-corrected chi connectivity index (χ2v) is 5.45.